The lowest BCUT2D eigenvalue weighted by molar-refractivity contribution is -0.272. The van der Waals surface area contributed by atoms with Crippen molar-refractivity contribution in [3.8, 4) is 0 Å². The molecular formula is C21H44O3. The van der Waals surface area contributed by atoms with E-state index in [2.05, 4.69) is 27.7 Å². The van der Waals surface area contributed by atoms with Crippen LogP contribution in [0.3, 0.4) is 0 Å². The fourth-order valence-electron chi connectivity index (χ4n) is 3.41. The third-order valence-corrected chi connectivity index (χ3v) is 4.83. The van der Waals surface area contributed by atoms with Crippen LogP contribution >= 0.6 is 0 Å². The third-order valence-electron chi connectivity index (χ3n) is 4.83. The van der Waals surface area contributed by atoms with Gasteiger partial charge in [-0.05, 0) is 38.5 Å². The molecule has 0 fully saturated rings. The van der Waals surface area contributed by atoms with E-state index in [0.717, 1.165) is 51.7 Å². The highest BCUT2D eigenvalue weighted by molar-refractivity contribution is 4.79. The summed E-state index contributed by atoms with van der Waals surface area (Å²) in [5, 5.41) is 9.29. The SMILES string of the molecule is CCCCCCCCC(CCCO)C(CC)(OCCC)OCCC. The fraction of sp³-hybridized carbons (Fsp3) is 1.00. The van der Waals surface area contributed by atoms with Gasteiger partial charge in [0, 0.05) is 25.7 Å². The highest BCUT2D eigenvalue weighted by Crippen LogP contribution is 2.35. The van der Waals surface area contributed by atoms with E-state index in [9.17, 15) is 5.11 Å². The molecular weight excluding hydrogens is 300 g/mol. The van der Waals surface area contributed by atoms with Crippen LogP contribution in [0.25, 0.3) is 0 Å². The van der Waals surface area contributed by atoms with Crippen LogP contribution in [0.5, 0.6) is 0 Å². The zero-order chi connectivity index (χ0) is 18.1. The predicted molar refractivity (Wildman–Crippen MR) is 103 cm³/mol. The van der Waals surface area contributed by atoms with Crippen LogP contribution in [0.15, 0.2) is 0 Å². The van der Waals surface area contributed by atoms with Crippen LogP contribution in [-0.2, 0) is 9.47 Å². The summed E-state index contributed by atoms with van der Waals surface area (Å²) < 4.78 is 12.6. The first-order valence-corrected chi connectivity index (χ1v) is 10.6. The quantitative estimate of drug-likeness (QED) is 0.242. The third kappa shape index (κ3) is 10.0. The van der Waals surface area contributed by atoms with Crippen molar-refractivity contribution >= 4 is 0 Å². The molecule has 1 N–H and O–H groups in total. The Kier molecular flexibility index (Phi) is 16.3. The minimum atomic E-state index is -0.454. The van der Waals surface area contributed by atoms with Gasteiger partial charge >= 0.3 is 0 Å². The molecule has 24 heavy (non-hydrogen) atoms. The van der Waals surface area contributed by atoms with Gasteiger partial charge in [0.15, 0.2) is 5.79 Å². The van der Waals surface area contributed by atoms with Crippen molar-refractivity contribution in [2.75, 3.05) is 19.8 Å². The van der Waals surface area contributed by atoms with Gasteiger partial charge in [-0.15, -0.1) is 0 Å². The molecule has 0 aliphatic heterocycles. The monoisotopic (exact) mass is 344 g/mol. The summed E-state index contributed by atoms with van der Waals surface area (Å²) in [6.45, 7) is 10.5. The van der Waals surface area contributed by atoms with Crippen molar-refractivity contribution in [1.82, 2.24) is 0 Å². The second kappa shape index (κ2) is 16.4. The lowest BCUT2D eigenvalue weighted by Crippen LogP contribution is -2.44. The van der Waals surface area contributed by atoms with Gasteiger partial charge < -0.3 is 14.6 Å². The number of aliphatic hydroxyl groups is 1. The molecule has 0 heterocycles. The van der Waals surface area contributed by atoms with Crippen LogP contribution in [0.2, 0.25) is 0 Å². The summed E-state index contributed by atoms with van der Waals surface area (Å²) in [5.74, 6) is -0.0659. The lowest BCUT2D eigenvalue weighted by atomic mass is 9.86. The predicted octanol–water partition coefficient (Wildman–Crippen LogP) is 6.09. The summed E-state index contributed by atoms with van der Waals surface area (Å²) in [4.78, 5) is 0. The van der Waals surface area contributed by atoms with Gasteiger partial charge in [-0.3, -0.25) is 0 Å². The lowest BCUT2D eigenvalue weighted by Gasteiger charge is -2.40. The average molecular weight is 345 g/mol. The molecule has 0 aromatic rings. The topological polar surface area (TPSA) is 38.7 Å². The van der Waals surface area contributed by atoms with Crippen LogP contribution in [-0.4, -0.2) is 30.7 Å². The standard InChI is InChI=1S/C21H44O3/c1-5-9-10-11-12-13-15-20(16-14-17-22)21(8-4,23-18-6-2)24-19-7-3/h20,22H,5-19H2,1-4H3. The Morgan fingerprint density at radius 2 is 1.25 bits per heavy atom. The molecule has 0 aliphatic carbocycles. The van der Waals surface area contributed by atoms with Gasteiger partial charge in [-0.2, -0.15) is 0 Å². The zero-order valence-corrected chi connectivity index (χ0v) is 16.9. The van der Waals surface area contributed by atoms with E-state index in [1.807, 2.05) is 0 Å². The van der Waals surface area contributed by atoms with Gasteiger partial charge in [0.05, 0.1) is 0 Å². The van der Waals surface area contributed by atoms with Crippen molar-refractivity contribution in [2.24, 2.45) is 5.92 Å². The Morgan fingerprint density at radius 1 is 0.708 bits per heavy atom. The summed E-state index contributed by atoms with van der Waals surface area (Å²) >= 11 is 0. The molecule has 0 bridgehead atoms. The molecule has 0 saturated carbocycles. The van der Waals surface area contributed by atoms with Crippen molar-refractivity contribution in [1.29, 1.82) is 0 Å². The number of hydrogen-bond acceptors (Lipinski definition) is 3. The smallest absolute Gasteiger partial charge is 0.170 e. The second-order valence-electron chi connectivity index (χ2n) is 6.98. The molecule has 0 aromatic carbocycles. The number of hydrogen-bond donors (Lipinski definition) is 1. The Bertz CT molecular complexity index is 247. The highest BCUT2D eigenvalue weighted by Gasteiger charge is 2.38. The first-order valence-electron chi connectivity index (χ1n) is 10.6. The first-order chi connectivity index (χ1) is 11.7. The molecule has 3 nitrogen and oxygen atoms in total. The molecule has 3 heteroatoms. The minimum absolute atomic E-state index is 0.258. The number of unbranched alkanes of at least 4 members (excludes halogenated alkanes) is 5. The van der Waals surface area contributed by atoms with Crippen LogP contribution < -0.4 is 0 Å². The van der Waals surface area contributed by atoms with Gasteiger partial charge in [0.25, 0.3) is 0 Å². The maximum atomic E-state index is 9.29. The largest absolute Gasteiger partial charge is 0.396 e. The Morgan fingerprint density at radius 3 is 1.75 bits per heavy atom. The maximum absolute atomic E-state index is 9.29. The summed E-state index contributed by atoms with van der Waals surface area (Å²) in [6, 6.07) is 0. The van der Waals surface area contributed by atoms with E-state index in [-0.39, 0.29) is 6.61 Å². The molecule has 0 radical (unpaired) electrons. The number of aliphatic hydroxyl groups excluding tert-OH is 1. The molecule has 0 amide bonds. The summed E-state index contributed by atoms with van der Waals surface area (Å²) in [5.41, 5.74) is 0. The van der Waals surface area contributed by atoms with Crippen molar-refractivity contribution in [3.05, 3.63) is 0 Å². The zero-order valence-electron chi connectivity index (χ0n) is 16.9. The van der Waals surface area contributed by atoms with Crippen LogP contribution in [0.4, 0.5) is 0 Å². The van der Waals surface area contributed by atoms with Gasteiger partial charge in [0.2, 0.25) is 0 Å². The molecule has 0 aliphatic rings. The normalized spacial score (nSPS) is 13.4. The van der Waals surface area contributed by atoms with Crippen LogP contribution in [0.1, 0.15) is 105 Å². The van der Waals surface area contributed by atoms with Crippen molar-refractivity contribution in [3.63, 3.8) is 0 Å². The average Bonchev–Trinajstić information content (AvgIpc) is 2.61. The number of ether oxygens (including phenoxy) is 2. The Labute approximate surface area is 151 Å². The minimum Gasteiger partial charge on any atom is -0.396 e. The molecule has 146 valence electrons. The van der Waals surface area contributed by atoms with E-state index >= 15 is 0 Å². The van der Waals surface area contributed by atoms with E-state index in [1.165, 1.54) is 38.5 Å². The van der Waals surface area contributed by atoms with E-state index in [1.54, 1.807) is 0 Å². The highest BCUT2D eigenvalue weighted by atomic mass is 16.7. The van der Waals surface area contributed by atoms with Crippen LogP contribution in [0, 0.1) is 5.92 Å². The van der Waals surface area contributed by atoms with E-state index < -0.39 is 5.79 Å². The van der Waals surface area contributed by atoms with Crippen molar-refractivity contribution < 1.29 is 14.6 Å². The molecule has 1 atom stereocenters. The molecule has 0 rings (SSSR count). The first kappa shape index (κ1) is 23.9. The Balaban J connectivity index is 4.72. The molecule has 1 unspecified atom stereocenters. The number of rotatable bonds is 18. The molecule has 0 aromatic heterocycles. The second-order valence-corrected chi connectivity index (χ2v) is 6.98. The van der Waals surface area contributed by atoms with Crippen molar-refractivity contribution in [2.45, 2.75) is 111 Å². The summed E-state index contributed by atoms with van der Waals surface area (Å²) in [6.07, 6.45) is 13.8. The van der Waals surface area contributed by atoms with Gasteiger partial charge in [0.1, 0.15) is 0 Å². The molecule has 0 saturated heterocycles. The van der Waals surface area contributed by atoms with E-state index in [0.29, 0.717) is 5.92 Å². The van der Waals surface area contributed by atoms with Gasteiger partial charge in [-0.25, -0.2) is 0 Å². The molecule has 0 spiro atoms. The Hall–Kier alpha value is -0.120. The van der Waals surface area contributed by atoms with Gasteiger partial charge in [-0.1, -0.05) is 66.2 Å². The van der Waals surface area contributed by atoms with E-state index in [4.69, 9.17) is 9.47 Å². The fourth-order valence-corrected chi connectivity index (χ4v) is 3.41. The summed E-state index contributed by atoms with van der Waals surface area (Å²) in [7, 11) is 0. The maximum Gasteiger partial charge on any atom is 0.170 e.